The maximum absolute atomic E-state index is 12.0. The van der Waals surface area contributed by atoms with Gasteiger partial charge < -0.3 is 9.69 Å². The molecule has 0 saturated carbocycles. The van der Waals surface area contributed by atoms with Gasteiger partial charge in [-0.15, -0.1) is 11.8 Å². The third kappa shape index (κ3) is 11.1. The van der Waals surface area contributed by atoms with Gasteiger partial charge in [-0.25, -0.2) is 0 Å². The van der Waals surface area contributed by atoms with Crippen molar-refractivity contribution < 1.29 is 23.6 Å². The molecule has 0 radical (unpaired) electrons. The van der Waals surface area contributed by atoms with Crippen molar-refractivity contribution >= 4 is 35.8 Å². The summed E-state index contributed by atoms with van der Waals surface area (Å²) in [4.78, 5) is 45.2. The minimum Gasteiger partial charge on any atom is -0.346 e. The Morgan fingerprint density at radius 2 is 1.90 bits per heavy atom. The zero-order valence-corrected chi connectivity index (χ0v) is 13.3. The predicted molar refractivity (Wildman–Crippen MR) is 79.8 cm³/mol. The van der Waals surface area contributed by atoms with Gasteiger partial charge in [-0.05, 0) is 19.8 Å². The first kappa shape index (κ1) is 19.8. The van der Waals surface area contributed by atoms with Gasteiger partial charge in [0.15, 0.2) is 0 Å². The largest absolute Gasteiger partial charge is 0.346 e. The molecule has 0 fully saturated rings. The Morgan fingerprint density at radius 3 is 2.43 bits per heavy atom. The summed E-state index contributed by atoms with van der Waals surface area (Å²) in [6, 6.07) is -1.31. The number of nitrogens with zero attached hydrogens (tertiary/aromatic N) is 1. The molecular weight excluding hydrogens is 297 g/mol. The van der Waals surface area contributed by atoms with Crippen molar-refractivity contribution in [1.82, 2.24) is 4.90 Å². The molecule has 5 nitrogen and oxygen atoms in total. The molecular formula is C14H22FNO4S. The monoisotopic (exact) mass is 319 g/mol. The summed E-state index contributed by atoms with van der Waals surface area (Å²) in [5.74, 6) is 0.0253. The van der Waals surface area contributed by atoms with E-state index in [0.29, 0.717) is 32.1 Å². The first-order chi connectivity index (χ1) is 9.86. The number of rotatable bonds is 12. The number of ketones is 1. The fraction of sp³-hybridized carbons (Fsp3) is 0.714. The highest BCUT2D eigenvalue weighted by Gasteiger charge is 2.17. The molecule has 1 amide bonds. The van der Waals surface area contributed by atoms with Gasteiger partial charge in [0.2, 0.25) is 5.91 Å². The van der Waals surface area contributed by atoms with E-state index in [4.69, 9.17) is 0 Å². The lowest BCUT2D eigenvalue weighted by molar-refractivity contribution is -0.131. The van der Waals surface area contributed by atoms with Crippen LogP contribution >= 0.6 is 11.8 Å². The number of thioether (sulfide) groups is 1. The summed E-state index contributed by atoms with van der Waals surface area (Å²) >= 11 is 1.17. The molecule has 7 heteroatoms. The van der Waals surface area contributed by atoms with Crippen molar-refractivity contribution in [2.45, 2.75) is 44.3 Å². The molecule has 0 aliphatic heterocycles. The van der Waals surface area contributed by atoms with Crippen molar-refractivity contribution in [1.29, 1.82) is 0 Å². The van der Waals surface area contributed by atoms with Crippen LogP contribution in [0.25, 0.3) is 0 Å². The second-order valence-electron chi connectivity index (χ2n) is 4.87. The number of hydrogen-bond acceptors (Lipinski definition) is 5. The van der Waals surface area contributed by atoms with Gasteiger partial charge in [-0.2, -0.15) is 4.39 Å². The average molecular weight is 319 g/mol. The Balaban J connectivity index is 3.93. The molecule has 0 heterocycles. The van der Waals surface area contributed by atoms with Crippen LogP contribution in [0.2, 0.25) is 0 Å². The van der Waals surface area contributed by atoms with Gasteiger partial charge in [0, 0.05) is 26.4 Å². The Kier molecular flexibility index (Phi) is 10.7. The first-order valence-corrected chi connectivity index (χ1v) is 7.90. The zero-order chi connectivity index (χ0) is 16.3. The third-order valence-corrected chi connectivity index (χ3v) is 4.10. The van der Waals surface area contributed by atoms with Gasteiger partial charge >= 0.3 is 6.04 Å². The van der Waals surface area contributed by atoms with Gasteiger partial charge in [-0.3, -0.25) is 14.4 Å². The maximum Gasteiger partial charge on any atom is 0.301 e. The second kappa shape index (κ2) is 11.4. The van der Waals surface area contributed by atoms with Crippen LogP contribution in [0.1, 0.15) is 39.0 Å². The van der Waals surface area contributed by atoms with Crippen LogP contribution in [0.3, 0.4) is 0 Å². The molecule has 0 aliphatic rings. The number of Topliss-reactive ketones (excluding diaryl/α,β-unsaturated/α-hetero) is 1. The van der Waals surface area contributed by atoms with E-state index in [-0.39, 0.29) is 30.3 Å². The standard InChI is InChI=1S/C14H22FNO4S/c1-11(18)10-21-12(9-17)8-14(20)16(2)7-5-3-4-6-13(15)19/h9,12H,3-8,10H2,1-2H3. The Morgan fingerprint density at radius 1 is 1.24 bits per heavy atom. The van der Waals surface area contributed by atoms with Crippen molar-refractivity contribution in [3.63, 3.8) is 0 Å². The molecule has 120 valence electrons. The number of amides is 1. The molecule has 0 N–H and O–H groups in total. The van der Waals surface area contributed by atoms with Crippen LogP contribution in [-0.2, 0) is 19.2 Å². The molecule has 0 bridgehead atoms. The van der Waals surface area contributed by atoms with Crippen molar-refractivity contribution in [3.8, 4) is 0 Å². The third-order valence-electron chi connectivity index (χ3n) is 2.82. The smallest absolute Gasteiger partial charge is 0.301 e. The topological polar surface area (TPSA) is 71.5 Å². The van der Waals surface area contributed by atoms with E-state index in [1.165, 1.54) is 23.6 Å². The van der Waals surface area contributed by atoms with Crippen molar-refractivity contribution in [2.24, 2.45) is 0 Å². The van der Waals surface area contributed by atoms with Gasteiger partial charge in [-0.1, -0.05) is 6.42 Å². The number of halogens is 1. The normalized spacial score (nSPS) is 11.8. The molecule has 1 atom stereocenters. The molecule has 0 aromatic carbocycles. The summed E-state index contributed by atoms with van der Waals surface area (Å²) in [5.41, 5.74) is 0. The van der Waals surface area contributed by atoms with E-state index >= 15 is 0 Å². The summed E-state index contributed by atoms with van der Waals surface area (Å²) in [6.45, 7) is 1.94. The highest BCUT2D eigenvalue weighted by Crippen LogP contribution is 2.14. The number of carbonyl (C=O) groups excluding carboxylic acids is 4. The Bertz CT molecular complexity index is 376. The summed E-state index contributed by atoms with van der Waals surface area (Å²) < 4.78 is 12.0. The van der Waals surface area contributed by atoms with E-state index in [1.54, 1.807) is 7.05 Å². The SMILES string of the molecule is CC(=O)CSC(C=O)CC(=O)N(C)CCCCCC(=O)F. The lowest BCUT2D eigenvalue weighted by atomic mass is 10.2. The molecule has 0 aromatic heterocycles. The van der Waals surface area contributed by atoms with Crippen LogP contribution in [0.5, 0.6) is 0 Å². The fourth-order valence-corrected chi connectivity index (χ4v) is 2.40. The molecule has 0 aromatic rings. The van der Waals surface area contributed by atoms with E-state index in [1.807, 2.05) is 0 Å². The van der Waals surface area contributed by atoms with Crippen LogP contribution in [0.15, 0.2) is 0 Å². The molecule has 21 heavy (non-hydrogen) atoms. The second-order valence-corrected chi connectivity index (χ2v) is 6.10. The average Bonchev–Trinajstić information content (AvgIpc) is 2.41. The number of hydrogen-bond donors (Lipinski definition) is 0. The van der Waals surface area contributed by atoms with Crippen molar-refractivity contribution in [2.75, 3.05) is 19.3 Å². The van der Waals surface area contributed by atoms with Crippen LogP contribution in [0.4, 0.5) is 4.39 Å². The van der Waals surface area contributed by atoms with Gasteiger partial charge in [0.05, 0.1) is 11.0 Å². The quantitative estimate of drug-likeness (QED) is 0.311. The first-order valence-electron chi connectivity index (χ1n) is 6.85. The maximum atomic E-state index is 12.0. The van der Waals surface area contributed by atoms with Gasteiger partial charge in [0.1, 0.15) is 12.1 Å². The Hall–Kier alpha value is -1.24. The summed E-state index contributed by atoms with van der Waals surface area (Å²) in [5, 5.41) is -0.506. The lowest BCUT2D eigenvalue weighted by Crippen LogP contribution is -2.30. The minimum atomic E-state index is -1.31. The zero-order valence-electron chi connectivity index (χ0n) is 12.5. The van der Waals surface area contributed by atoms with Crippen molar-refractivity contribution in [3.05, 3.63) is 0 Å². The fourth-order valence-electron chi connectivity index (χ4n) is 1.61. The van der Waals surface area contributed by atoms with E-state index in [2.05, 4.69) is 0 Å². The molecule has 0 aliphatic carbocycles. The molecule has 0 saturated heterocycles. The number of carbonyl (C=O) groups is 4. The minimum absolute atomic E-state index is 0.0323. The Labute approximate surface area is 128 Å². The summed E-state index contributed by atoms with van der Waals surface area (Å²) in [7, 11) is 1.64. The lowest BCUT2D eigenvalue weighted by Gasteiger charge is -2.18. The van der Waals surface area contributed by atoms with Crippen LogP contribution in [0, 0.1) is 0 Å². The van der Waals surface area contributed by atoms with E-state index in [0.717, 1.165) is 0 Å². The number of unbranched alkanes of at least 4 members (excludes halogenated alkanes) is 2. The number of aldehydes is 1. The highest BCUT2D eigenvalue weighted by atomic mass is 32.2. The van der Waals surface area contributed by atoms with E-state index < -0.39 is 11.3 Å². The summed E-state index contributed by atoms with van der Waals surface area (Å²) in [6.07, 6.45) is 2.51. The molecule has 1 unspecified atom stereocenters. The molecule has 0 spiro atoms. The molecule has 0 rings (SSSR count). The van der Waals surface area contributed by atoms with Gasteiger partial charge in [0.25, 0.3) is 0 Å². The van der Waals surface area contributed by atoms with Crippen LogP contribution < -0.4 is 0 Å². The highest BCUT2D eigenvalue weighted by molar-refractivity contribution is 8.01. The predicted octanol–water partition coefficient (Wildman–Crippen LogP) is 1.78. The van der Waals surface area contributed by atoms with E-state index in [9.17, 15) is 23.6 Å². The van der Waals surface area contributed by atoms with Crippen LogP contribution in [-0.4, -0.2) is 53.5 Å².